The minimum absolute atomic E-state index is 0.148. The summed E-state index contributed by atoms with van der Waals surface area (Å²) in [5.74, 6) is -0.148. The van der Waals surface area contributed by atoms with E-state index in [2.05, 4.69) is 34.6 Å². The third kappa shape index (κ3) is 4.32. The minimum atomic E-state index is -0.148. The van der Waals surface area contributed by atoms with E-state index in [0.29, 0.717) is 28.7 Å². The number of nitrogens with zero attached hydrogens (tertiary/aromatic N) is 4. The van der Waals surface area contributed by atoms with Gasteiger partial charge in [0.05, 0.1) is 41.1 Å². The number of carbonyl (C=O) groups excluding carboxylic acids is 1. The highest BCUT2D eigenvalue weighted by molar-refractivity contribution is 7.12. The third-order valence-electron chi connectivity index (χ3n) is 4.31. The first-order valence-corrected chi connectivity index (χ1v) is 9.96. The minimum Gasteiger partial charge on any atom is -0.319 e. The van der Waals surface area contributed by atoms with Crippen molar-refractivity contribution in [2.75, 3.05) is 5.32 Å². The number of aryl methyl sites for hydroxylation is 1. The van der Waals surface area contributed by atoms with Crippen molar-refractivity contribution in [3.05, 3.63) is 87.1 Å². The number of anilines is 1. The van der Waals surface area contributed by atoms with Gasteiger partial charge < -0.3 is 5.32 Å². The normalized spacial score (nSPS) is 10.9. The fraction of sp³-hybridized carbons (Fsp3) is 0.150. The van der Waals surface area contributed by atoms with Crippen molar-refractivity contribution >= 4 is 34.5 Å². The van der Waals surface area contributed by atoms with E-state index in [1.165, 1.54) is 22.5 Å². The maximum Gasteiger partial charge on any atom is 0.265 e. The molecule has 0 aliphatic carbocycles. The van der Waals surface area contributed by atoms with E-state index in [0.717, 1.165) is 5.56 Å². The van der Waals surface area contributed by atoms with Gasteiger partial charge in [-0.1, -0.05) is 35.9 Å². The molecule has 8 heteroatoms. The van der Waals surface area contributed by atoms with Crippen LogP contribution in [0.4, 0.5) is 5.69 Å². The molecule has 142 valence electrons. The van der Waals surface area contributed by atoms with Crippen LogP contribution >= 0.6 is 22.9 Å². The van der Waals surface area contributed by atoms with E-state index in [1.807, 2.05) is 34.5 Å². The van der Waals surface area contributed by atoms with E-state index in [-0.39, 0.29) is 5.91 Å². The second-order valence-corrected chi connectivity index (χ2v) is 7.83. The van der Waals surface area contributed by atoms with Gasteiger partial charge in [-0.2, -0.15) is 10.2 Å². The highest BCUT2D eigenvalue weighted by atomic mass is 35.5. The Balaban J connectivity index is 1.39. The number of hydrogen-bond acceptors (Lipinski definition) is 4. The third-order valence-corrected chi connectivity index (χ3v) is 5.48. The number of aromatic nitrogens is 4. The standard InChI is InChI=1S/C20H18ClN5OS/c1-14-4-2-3-5-16(14)10-26-12-18(8-23-26)24-20(27)19-6-15(13-28-19)9-25-11-17(21)7-22-25/h2-8,11-13H,9-10H2,1H3,(H,24,27). The summed E-state index contributed by atoms with van der Waals surface area (Å²) in [5, 5.41) is 13.9. The number of hydrogen-bond donors (Lipinski definition) is 1. The van der Waals surface area contributed by atoms with Gasteiger partial charge in [-0.05, 0) is 35.1 Å². The average molecular weight is 412 g/mol. The molecule has 0 radical (unpaired) electrons. The predicted octanol–water partition coefficient (Wildman–Crippen LogP) is 4.45. The Bertz CT molecular complexity index is 1110. The van der Waals surface area contributed by atoms with Crippen LogP contribution in [-0.2, 0) is 13.1 Å². The Labute approximate surface area is 171 Å². The molecule has 0 aliphatic heterocycles. The quantitative estimate of drug-likeness (QED) is 0.509. The van der Waals surface area contributed by atoms with E-state index in [4.69, 9.17) is 11.6 Å². The van der Waals surface area contributed by atoms with Crippen LogP contribution in [0.15, 0.2) is 60.5 Å². The number of nitrogens with one attached hydrogen (secondary N) is 1. The zero-order chi connectivity index (χ0) is 19.5. The van der Waals surface area contributed by atoms with Crippen LogP contribution in [0, 0.1) is 6.92 Å². The summed E-state index contributed by atoms with van der Waals surface area (Å²) in [4.78, 5) is 13.2. The van der Waals surface area contributed by atoms with Gasteiger partial charge >= 0.3 is 0 Å². The molecule has 1 amide bonds. The molecule has 4 aromatic rings. The second kappa shape index (κ2) is 8.00. The van der Waals surface area contributed by atoms with Gasteiger partial charge in [-0.15, -0.1) is 11.3 Å². The fourth-order valence-corrected chi connectivity index (χ4v) is 3.81. The number of carbonyl (C=O) groups is 1. The zero-order valence-electron chi connectivity index (χ0n) is 15.2. The van der Waals surface area contributed by atoms with E-state index < -0.39 is 0 Å². The largest absolute Gasteiger partial charge is 0.319 e. The number of thiophene rings is 1. The molecule has 28 heavy (non-hydrogen) atoms. The van der Waals surface area contributed by atoms with E-state index >= 15 is 0 Å². The highest BCUT2D eigenvalue weighted by Gasteiger charge is 2.11. The summed E-state index contributed by atoms with van der Waals surface area (Å²) in [6.45, 7) is 3.32. The van der Waals surface area contributed by atoms with Crippen molar-refractivity contribution in [3.63, 3.8) is 0 Å². The molecule has 3 heterocycles. The first-order chi connectivity index (χ1) is 13.6. The number of amides is 1. The molecule has 0 fully saturated rings. The number of halogens is 1. The molecule has 6 nitrogen and oxygen atoms in total. The molecule has 0 aliphatic rings. The van der Waals surface area contributed by atoms with Crippen LogP contribution in [0.2, 0.25) is 5.02 Å². The van der Waals surface area contributed by atoms with Crippen molar-refractivity contribution in [2.45, 2.75) is 20.0 Å². The van der Waals surface area contributed by atoms with Crippen LogP contribution in [0.25, 0.3) is 0 Å². The lowest BCUT2D eigenvalue weighted by atomic mass is 10.1. The van der Waals surface area contributed by atoms with Gasteiger partial charge in [0.2, 0.25) is 0 Å². The first-order valence-electron chi connectivity index (χ1n) is 8.70. The summed E-state index contributed by atoms with van der Waals surface area (Å²) in [5.41, 5.74) is 4.09. The Morgan fingerprint density at radius 1 is 1.14 bits per heavy atom. The highest BCUT2D eigenvalue weighted by Crippen LogP contribution is 2.19. The van der Waals surface area contributed by atoms with Gasteiger partial charge in [0, 0.05) is 12.4 Å². The summed E-state index contributed by atoms with van der Waals surface area (Å²) in [6, 6.07) is 10.1. The van der Waals surface area contributed by atoms with Gasteiger partial charge in [0.25, 0.3) is 5.91 Å². The molecule has 1 aromatic carbocycles. The van der Waals surface area contributed by atoms with Crippen molar-refractivity contribution in [3.8, 4) is 0 Å². The van der Waals surface area contributed by atoms with E-state index in [9.17, 15) is 4.79 Å². The second-order valence-electron chi connectivity index (χ2n) is 6.48. The monoisotopic (exact) mass is 411 g/mol. The van der Waals surface area contributed by atoms with Crippen molar-refractivity contribution in [2.24, 2.45) is 0 Å². The van der Waals surface area contributed by atoms with E-state index in [1.54, 1.807) is 23.3 Å². The first kappa shape index (κ1) is 18.5. The SMILES string of the molecule is Cc1ccccc1Cn1cc(NC(=O)c2cc(Cn3cc(Cl)cn3)cs2)cn1. The Morgan fingerprint density at radius 3 is 2.71 bits per heavy atom. The van der Waals surface area contributed by atoms with Crippen molar-refractivity contribution in [1.29, 1.82) is 0 Å². The Morgan fingerprint density at radius 2 is 1.93 bits per heavy atom. The van der Waals surface area contributed by atoms with Crippen molar-refractivity contribution in [1.82, 2.24) is 19.6 Å². The van der Waals surface area contributed by atoms with Crippen LogP contribution < -0.4 is 5.32 Å². The summed E-state index contributed by atoms with van der Waals surface area (Å²) in [6.07, 6.45) is 6.85. The number of benzene rings is 1. The Kier molecular flexibility index (Phi) is 5.27. The van der Waals surface area contributed by atoms with Gasteiger partial charge in [-0.3, -0.25) is 14.2 Å². The maximum absolute atomic E-state index is 12.5. The molecular weight excluding hydrogens is 394 g/mol. The summed E-state index contributed by atoms with van der Waals surface area (Å²) in [7, 11) is 0. The average Bonchev–Trinajstić information content (AvgIpc) is 3.40. The summed E-state index contributed by atoms with van der Waals surface area (Å²) >= 11 is 7.28. The molecule has 1 N–H and O–H groups in total. The van der Waals surface area contributed by atoms with Gasteiger partial charge in [0.15, 0.2) is 0 Å². The number of rotatable bonds is 6. The molecule has 0 saturated carbocycles. The molecule has 0 spiro atoms. The lowest BCUT2D eigenvalue weighted by Crippen LogP contribution is -2.09. The van der Waals surface area contributed by atoms with Crippen LogP contribution in [0.1, 0.15) is 26.4 Å². The lowest BCUT2D eigenvalue weighted by Gasteiger charge is -2.05. The molecule has 0 unspecified atom stereocenters. The summed E-state index contributed by atoms with van der Waals surface area (Å²) < 4.78 is 3.56. The molecular formula is C20H18ClN5OS. The molecule has 0 saturated heterocycles. The van der Waals surface area contributed by atoms with Gasteiger partial charge in [0.1, 0.15) is 0 Å². The molecule has 4 rings (SSSR count). The van der Waals surface area contributed by atoms with Gasteiger partial charge in [-0.25, -0.2) is 0 Å². The topological polar surface area (TPSA) is 64.7 Å². The van der Waals surface area contributed by atoms with Crippen LogP contribution in [-0.4, -0.2) is 25.5 Å². The molecule has 3 aromatic heterocycles. The smallest absolute Gasteiger partial charge is 0.265 e. The fourth-order valence-electron chi connectivity index (χ4n) is 2.86. The van der Waals surface area contributed by atoms with Crippen LogP contribution in [0.5, 0.6) is 0 Å². The zero-order valence-corrected chi connectivity index (χ0v) is 16.7. The maximum atomic E-state index is 12.5. The van der Waals surface area contributed by atoms with Crippen molar-refractivity contribution < 1.29 is 4.79 Å². The molecule has 0 atom stereocenters. The molecule has 0 bridgehead atoms. The predicted molar refractivity (Wildman–Crippen MR) is 111 cm³/mol. The Hall–Kier alpha value is -2.90. The van der Waals surface area contributed by atoms with Crippen LogP contribution in [0.3, 0.4) is 0 Å². The lowest BCUT2D eigenvalue weighted by molar-refractivity contribution is 0.103.